The van der Waals surface area contributed by atoms with Gasteiger partial charge in [0, 0.05) is 6.42 Å². The molecule has 3 N–H and O–H groups in total. The van der Waals surface area contributed by atoms with Crippen molar-refractivity contribution >= 4 is 13.7 Å². The molecule has 0 aliphatic rings. The summed E-state index contributed by atoms with van der Waals surface area (Å²) in [7, 11) is 1.56. The molecule has 0 radical (unpaired) electrons. The van der Waals surface area contributed by atoms with Gasteiger partial charge in [0.1, 0.15) is 13.2 Å². The second kappa shape index (κ2) is 63.0. The number of quaternary nitrogens is 1. The first-order valence-electron chi connectivity index (χ1n) is 35.5. The van der Waals surface area contributed by atoms with Gasteiger partial charge in [0.25, 0.3) is 0 Å². The Bertz CT molecular complexity index is 1460. The number of phosphoric acid groups is 1. The number of nitrogens with one attached hydrogen (secondary N) is 1. The molecule has 3 atom stereocenters. The Kier molecular flexibility index (Phi) is 61.8. The summed E-state index contributed by atoms with van der Waals surface area (Å²) in [5.41, 5.74) is 0. The fraction of sp³-hybridized carbons (Fsp3) is 0.875. The van der Waals surface area contributed by atoms with E-state index < -0.39 is 20.0 Å². The lowest BCUT2D eigenvalue weighted by atomic mass is 10.0. The van der Waals surface area contributed by atoms with E-state index in [1.54, 1.807) is 6.08 Å². The van der Waals surface area contributed by atoms with E-state index in [2.05, 4.69) is 55.6 Å². The van der Waals surface area contributed by atoms with E-state index in [-0.39, 0.29) is 19.1 Å². The Hall–Kier alpha value is -1.54. The number of amides is 1. The smallest absolute Gasteiger partial charge is 0.387 e. The van der Waals surface area contributed by atoms with E-state index >= 15 is 0 Å². The number of allylic oxidation sites excluding steroid dienone is 7. The van der Waals surface area contributed by atoms with E-state index in [0.29, 0.717) is 17.4 Å². The fourth-order valence-electron chi connectivity index (χ4n) is 10.7. The predicted molar refractivity (Wildman–Crippen MR) is 355 cm³/mol. The van der Waals surface area contributed by atoms with Crippen LogP contribution < -0.4 is 5.32 Å². The van der Waals surface area contributed by atoms with Gasteiger partial charge in [-0.25, -0.2) is 4.57 Å². The van der Waals surface area contributed by atoms with Gasteiger partial charge in [0.2, 0.25) is 5.91 Å². The number of hydrogen-bond acceptors (Lipinski definition) is 5. The number of phosphoric ester groups is 1. The summed E-state index contributed by atoms with van der Waals surface area (Å²) in [6, 6.07) is -0.870. The van der Waals surface area contributed by atoms with Crippen LogP contribution in [0.25, 0.3) is 0 Å². The van der Waals surface area contributed by atoms with Crippen LogP contribution >= 0.6 is 7.82 Å². The van der Waals surface area contributed by atoms with Crippen molar-refractivity contribution in [2.45, 2.75) is 366 Å². The van der Waals surface area contributed by atoms with Crippen molar-refractivity contribution in [3.05, 3.63) is 48.6 Å². The molecule has 0 aromatic heterocycles. The van der Waals surface area contributed by atoms with Crippen LogP contribution in [0.1, 0.15) is 354 Å². The quantitative estimate of drug-likeness (QED) is 0.0243. The Morgan fingerprint density at radius 1 is 0.407 bits per heavy atom. The number of nitrogens with zero attached hydrogens (tertiary/aromatic N) is 1. The number of aliphatic hydroxyl groups excluding tert-OH is 1. The van der Waals surface area contributed by atoms with Gasteiger partial charge in [-0.1, -0.05) is 326 Å². The van der Waals surface area contributed by atoms with Gasteiger partial charge in [-0.3, -0.25) is 13.8 Å². The fourth-order valence-corrected chi connectivity index (χ4v) is 11.5. The van der Waals surface area contributed by atoms with Gasteiger partial charge >= 0.3 is 7.82 Å². The monoisotopic (exact) mass is 1160 g/mol. The SMILES string of the molecule is CCCCCCCCCC/C=C\CCCCCCCCCCCCCCCCCCCCCCCCCCCCCC(=O)NC(COP(=O)(O)OCC[N+](C)(C)C)C(O)/C=C/CC/C=C/CC/C=C/CCCCCCCCCCCC. The molecule has 81 heavy (non-hydrogen) atoms. The first-order valence-corrected chi connectivity index (χ1v) is 37.0. The maximum atomic E-state index is 13.0. The van der Waals surface area contributed by atoms with Crippen molar-refractivity contribution in [3.63, 3.8) is 0 Å². The maximum absolute atomic E-state index is 13.0. The van der Waals surface area contributed by atoms with Crippen molar-refractivity contribution in [2.24, 2.45) is 0 Å². The molecule has 0 heterocycles. The van der Waals surface area contributed by atoms with E-state index in [1.165, 1.54) is 289 Å². The largest absolute Gasteiger partial charge is 0.472 e. The summed E-state index contributed by atoms with van der Waals surface area (Å²) in [6.45, 7) is 4.83. The molecular formula is C72H140N2O6P+. The maximum Gasteiger partial charge on any atom is 0.472 e. The zero-order chi connectivity index (χ0) is 59.1. The van der Waals surface area contributed by atoms with Crippen LogP contribution in [0.4, 0.5) is 0 Å². The summed E-state index contributed by atoms with van der Waals surface area (Å²) in [5, 5.41) is 14.0. The zero-order valence-electron chi connectivity index (χ0n) is 54.8. The highest BCUT2D eigenvalue weighted by Crippen LogP contribution is 2.43. The van der Waals surface area contributed by atoms with E-state index in [1.807, 2.05) is 27.2 Å². The molecule has 8 nitrogen and oxygen atoms in total. The highest BCUT2D eigenvalue weighted by molar-refractivity contribution is 7.47. The first kappa shape index (κ1) is 79.5. The number of aliphatic hydroxyl groups is 1. The molecule has 9 heteroatoms. The number of likely N-dealkylation sites (N-methyl/N-ethyl adjacent to an activating group) is 1. The number of unbranched alkanes of at least 4 members (excludes halogenated alkanes) is 47. The van der Waals surface area contributed by atoms with Gasteiger partial charge in [-0.05, 0) is 70.6 Å². The van der Waals surface area contributed by atoms with Crippen molar-refractivity contribution < 1.29 is 32.9 Å². The van der Waals surface area contributed by atoms with Crippen LogP contribution in [0.5, 0.6) is 0 Å². The number of carbonyl (C=O) groups excluding carboxylic acids is 1. The molecule has 0 aliphatic heterocycles. The molecule has 478 valence electrons. The van der Waals surface area contributed by atoms with E-state index in [9.17, 15) is 19.4 Å². The number of hydrogen-bond donors (Lipinski definition) is 3. The third kappa shape index (κ3) is 65.9. The standard InChI is InChI=1S/C72H139N2O6P/c1-6-8-10-12-14-16-18-20-22-24-26-28-29-30-31-32-33-34-35-36-37-38-39-40-41-42-43-44-45-46-48-50-52-54-56-58-60-62-64-66-72(76)73-70(69-80-81(77,78)79-68-67-74(3,4)5)71(75)65-63-61-59-57-55-53-51-49-47-27-25-23-21-19-17-15-13-11-9-7-2/h24,26,47,49,55,57,63,65,70-71,75H,6-23,25,27-46,48,50-54,56,58-62,64,66-69H2,1-5H3,(H-,73,76,77,78)/p+1/b26-24-,49-47+,57-55+,65-63+. The lowest BCUT2D eigenvalue weighted by molar-refractivity contribution is -0.870. The van der Waals surface area contributed by atoms with E-state index in [4.69, 9.17) is 9.05 Å². The lowest BCUT2D eigenvalue weighted by Crippen LogP contribution is -2.45. The third-order valence-electron chi connectivity index (χ3n) is 16.2. The Morgan fingerprint density at radius 3 is 0.988 bits per heavy atom. The lowest BCUT2D eigenvalue weighted by Gasteiger charge is -2.25. The third-order valence-corrected chi connectivity index (χ3v) is 17.2. The second-order valence-corrected chi connectivity index (χ2v) is 27.0. The first-order chi connectivity index (χ1) is 39.5. The average Bonchev–Trinajstić information content (AvgIpc) is 3.43. The Balaban J connectivity index is 3.96. The summed E-state index contributed by atoms with van der Waals surface area (Å²) < 4.78 is 23.8. The molecule has 1 amide bonds. The zero-order valence-corrected chi connectivity index (χ0v) is 55.7. The van der Waals surface area contributed by atoms with Gasteiger partial charge in [-0.15, -0.1) is 0 Å². The predicted octanol–water partition coefficient (Wildman–Crippen LogP) is 22.6. The highest BCUT2D eigenvalue weighted by Gasteiger charge is 2.28. The van der Waals surface area contributed by atoms with Gasteiger partial charge < -0.3 is 19.8 Å². The molecule has 0 fully saturated rings. The summed E-state index contributed by atoms with van der Waals surface area (Å²) in [5.74, 6) is -0.185. The van der Waals surface area contributed by atoms with Crippen LogP contribution in [-0.2, 0) is 18.4 Å². The summed E-state index contributed by atoms with van der Waals surface area (Å²) >= 11 is 0. The molecule has 3 unspecified atom stereocenters. The van der Waals surface area contributed by atoms with Gasteiger partial charge in [0.15, 0.2) is 0 Å². The van der Waals surface area contributed by atoms with Gasteiger partial charge in [-0.2, -0.15) is 0 Å². The topological polar surface area (TPSA) is 105 Å². The number of rotatable bonds is 66. The van der Waals surface area contributed by atoms with E-state index in [0.717, 1.165) is 44.9 Å². The highest BCUT2D eigenvalue weighted by atomic mass is 31.2. The molecular weight excluding hydrogens is 1020 g/mol. The van der Waals surface area contributed by atoms with Crippen molar-refractivity contribution in [2.75, 3.05) is 40.9 Å². The molecule has 0 aliphatic carbocycles. The van der Waals surface area contributed by atoms with Crippen LogP contribution in [-0.4, -0.2) is 73.4 Å². The molecule has 0 rings (SSSR count). The molecule has 0 aromatic rings. The van der Waals surface area contributed by atoms with Crippen molar-refractivity contribution in [3.8, 4) is 0 Å². The molecule has 0 saturated heterocycles. The molecule has 0 saturated carbocycles. The number of carbonyl (C=O) groups is 1. The Labute approximate surface area is 505 Å². The summed E-state index contributed by atoms with van der Waals surface area (Å²) in [4.78, 5) is 23.4. The van der Waals surface area contributed by atoms with Gasteiger partial charge in [0.05, 0.1) is 39.9 Å². The minimum Gasteiger partial charge on any atom is -0.387 e. The molecule has 0 aromatic carbocycles. The van der Waals surface area contributed by atoms with Crippen LogP contribution in [0.3, 0.4) is 0 Å². The normalized spacial score (nSPS) is 13.9. The molecule has 0 bridgehead atoms. The minimum absolute atomic E-state index is 0.0546. The van der Waals surface area contributed by atoms with Crippen LogP contribution in [0.15, 0.2) is 48.6 Å². The van der Waals surface area contributed by atoms with Crippen LogP contribution in [0, 0.1) is 0 Å². The molecule has 0 spiro atoms. The Morgan fingerprint density at radius 2 is 0.679 bits per heavy atom. The van der Waals surface area contributed by atoms with Crippen molar-refractivity contribution in [1.82, 2.24) is 5.32 Å². The van der Waals surface area contributed by atoms with Crippen LogP contribution in [0.2, 0.25) is 0 Å². The summed E-state index contributed by atoms with van der Waals surface area (Å²) in [6.07, 6.45) is 85.7. The minimum atomic E-state index is -4.36. The van der Waals surface area contributed by atoms with Crippen molar-refractivity contribution in [1.29, 1.82) is 0 Å². The second-order valence-electron chi connectivity index (χ2n) is 25.6. The average molecular weight is 1160 g/mol.